The molecule has 0 saturated heterocycles. The van der Waals surface area contributed by atoms with Crippen molar-refractivity contribution >= 4 is 45.3 Å². The molecule has 0 bridgehead atoms. The quantitative estimate of drug-likeness (QED) is 0.206. The molecule has 3 aromatic carbocycles. The minimum Gasteiger partial charge on any atom is -0.490 e. The predicted octanol–water partition coefficient (Wildman–Crippen LogP) is 5.04. The van der Waals surface area contributed by atoms with Crippen molar-refractivity contribution in [2.75, 3.05) is 13.2 Å². The number of carbonyl (C=O) groups excluding carboxylic acids is 1. The van der Waals surface area contributed by atoms with E-state index in [2.05, 4.69) is 17.1 Å². The molecule has 1 N–H and O–H groups in total. The predicted molar refractivity (Wildman–Crippen MR) is 138 cm³/mol. The summed E-state index contributed by atoms with van der Waals surface area (Å²) in [7, 11) is -4.22. The number of nitrogens with zero attached hydrogens (tertiary/aromatic N) is 2. The molecule has 1 amide bonds. The summed E-state index contributed by atoms with van der Waals surface area (Å²) in [6.45, 7) is 2.80. The molecule has 3 rings (SSSR count). The van der Waals surface area contributed by atoms with Crippen molar-refractivity contribution in [2.24, 2.45) is 5.10 Å². The second-order valence-electron chi connectivity index (χ2n) is 7.39. The SMILES string of the molecule is C=CCOc1cccc(C=NNC(=O)CN(Cc2c(F)cccc2Cl)S(=O)(=O)c2ccc(Cl)cc2)c1. The highest BCUT2D eigenvalue weighted by Crippen LogP contribution is 2.25. The summed E-state index contributed by atoms with van der Waals surface area (Å²) < 4.78 is 47.3. The maximum Gasteiger partial charge on any atom is 0.255 e. The number of halogens is 3. The Bertz CT molecular complexity index is 1350. The van der Waals surface area contributed by atoms with Crippen LogP contribution in [0.2, 0.25) is 10.0 Å². The van der Waals surface area contributed by atoms with Crippen molar-refractivity contribution in [3.05, 3.63) is 106 Å². The topological polar surface area (TPSA) is 88.1 Å². The van der Waals surface area contributed by atoms with Gasteiger partial charge in [-0.25, -0.2) is 18.2 Å². The zero-order valence-corrected chi connectivity index (χ0v) is 21.2. The standard InChI is InChI=1S/C25H22Cl2FN3O4S/c1-2-13-35-20-6-3-5-18(14-20)15-29-30-25(32)17-31(16-22-23(27)7-4-8-24(22)28)36(33,34)21-11-9-19(26)10-12-21/h2-12,14-15H,1,13,16-17H2,(H,30,32). The molecule has 0 aliphatic carbocycles. The van der Waals surface area contributed by atoms with Gasteiger partial charge in [0.2, 0.25) is 10.0 Å². The average molecular weight is 550 g/mol. The van der Waals surface area contributed by atoms with Crippen molar-refractivity contribution < 1.29 is 22.3 Å². The van der Waals surface area contributed by atoms with E-state index in [1.54, 1.807) is 30.3 Å². The van der Waals surface area contributed by atoms with Crippen LogP contribution in [-0.2, 0) is 21.4 Å². The highest BCUT2D eigenvalue weighted by molar-refractivity contribution is 7.89. The van der Waals surface area contributed by atoms with Crippen molar-refractivity contribution in [3.63, 3.8) is 0 Å². The molecular weight excluding hydrogens is 528 g/mol. The monoisotopic (exact) mass is 549 g/mol. The summed E-state index contributed by atoms with van der Waals surface area (Å²) in [6.07, 6.45) is 2.99. The third-order valence-corrected chi connectivity index (χ3v) is 7.21. The van der Waals surface area contributed by atoms with Crippen LogP contribution in [0, 0.1) is 5.82 Å². The van der Waals surface area contributed by atoms with Crippen LogP contribution in [0.1, 0.15) is 11.1 Å². The van der Waals surface area contributed by atoms with Gasteiger partial charge in [-0.15, -0.1) is 0 Å². The Balaban J connectivity index is 1.79. The number of carbonyl (C=O) groups is 1. The summed E-state index contributed by atoms with van der Waals surface area (Å²) in [6, 6.07) is 16.3. The van der Waals surface area contributed by atoms with E-state index in [1.807, 2.05) is 0 Å². The molecular formula is C25H22Cl2FN3O4S. The molecule has 0 radical (unpaired) electrons. The van der Waals surface area contributed by atoms with Gasteiger partial charge in [-0.05, 0) is 54.1 Å². The van der Waals surface area contributed by atoms with Gasteiger partial charge in [0.05, 0.1) is 17.7 Å². The number of sulfonamides is 1. The molecule has 188 valence electrons. The fourth-order valence-corrected chi connectivity index (χ4v) is 4.77. The molecule has 0 saturated carbocycles. The Morgan fingerprint density at radius 3 is 2.53 bits per heavy atom. The first-order chi connectivity index (χ1) is 17.2. The summed E-state index contributed by atoms with van der Waals surface area (Å²) in [4.78, 5) is 12.5. The molecule has 0 unspecified atom stereocenters. The lowest BCUT2D eigenvalue weighted by Crippen LogP contribution is -2.39. The van der Waals surface area contributed by atoms with E-state index in [0.717, 1.165) is 10.4 Å². The number of nitrogens with one attached hydrogen (secondary N) is 1. The number of hydrogen-bond donors (Lipinski definition) is 1. The van der Waals surface area contributed by atoms with E-state index in [0.29, 0.717) is 22.9 Å². The number of amides is 1. The molecule has 36 heavy (non-hydrogen) atoms. The van der Waals surface area contributed by atoms with Gasteiger partial charge in [-0.1, -0.05) is 54.1 Å². The second kappa shape index (κ2) is 12.6. The first-order valence-corrected chi connectivity index (χ1v) is 12.7. The zero-order valence-electron chi connectivity index (χ0n) is 18.9. The van der Waals surface area contributed by atoms with Crippen LogP contribution in [0.5, 0.6) is 5.75 Å². The maximum atomic E-state index is 14.4. The van der Waals surface area contributed by atoms with Gasteiger partial charge in [-0.2, -0.15) is 9.41 Å². The zero-order chi connectivity index (χ0) is 26.1. The fourth-order valence-electron chi connectivity index (χ4n) is 3.06. The largest absolute Gasteiger partial charge is 0.490 e. The van der Waals surface area contributed by atoms with Crippen LogP contribution in [0.25, 0.3) is 0 Å². The molecule has 0 heterocycles. The lowest BCUT2D eigenvalue weighted by Gasteiger charge is -2.22. The minimum atomic E-state index is -4.22. The van der Waals surface area contributed by atoms with Gasteiger partial charge in [0.1, 0.15) is 18.2 Å². The number of ether oxygens (including phenoxy) is 1. The van der Waals surface area contributed by atoms with Crippen LogP contribution in [0.15, 0.2) is 89.4 Å². The van der Waals surface area contributed by atoms with Crippen LogP contribution in [0.4, 0.5) is 4.39 Å². The summed E-state index contributed by atoms with van der Waals surface area (Å²) >= 11 is 12.0. The molecule has 0 spiro atoms. The number of rotatable bonds is 11. The van der Waals surface area contributed by atoms with Crippen LogP contribution >= 0.6 is 23.2 Å². The van der Waals surface area contributed by atoms with Crippen molar-refractivity contribution in [2.45, 2.75) is 11.4 Å². The van der Waals surface area contributed by atoms with Crippen molar-refractivity contribution in [1.82, 2.24) is 9.73 Å². The van der Waals surface area contributed by atoms with E-state index < -0.39 is 34.8 Å². The van der Waals surface area contributed by atoms with Gasteiger partial charge in [0.25, 0.3) is 5.91 Å². The molecule has 0 aromatic heterocycles. The van der Waals surface area contributed by atoms with Gasteiger partial charge in [0, 0.05) is 22.2 Å². The number of hydrazone groups is 1. The first kappa shape index (κ1) is 27.3. The average Bonchev–Trinajstić information content (AvgIpc) is 2.85. The molecule has 0 fully saturated rings. The third-order valence-electron chi connectivity index (χ3n) is 4.80. The highest BCUT2D eigenvalue weighted by Gasteiger charge is 2.28. The van der Waals surface area contributed by atoms with Crippen LogP contribution in [-0.4, -0.2) is 38.0 Å². The smallest absolute Gasteiger partial charge is 0.255 e. The van der Waals surface area contributed by atoms with Crippen molar-refractivity contribution in [3.8, 4) is 5.75 Å². The van der Waals surface area contributed by atoms with Gasteiger partial charge in [-0.3, -0.25) is 4.79 Å². The fraction of sp³-hybridized carbons (Fsp3) is 0.120. The number of hydrogen-bond acceptors (Lipinski definition) is 5. The van der Waals surface area contributed by atoms with Gasteiger partial charge in [0.15, 0.2) is 0 Å². The van der Waals surface area contributed by atoms with E-state index in [-0.39, 0.29) is 15.5 Å². The minimum absolute atomic E-state index is 0.0308. The van der Waals surface area contributed by atoms with E-state index in [1.165, 1.54) is 42.6 Å². The summed E-state index contributed by atoms with van der Waals surface area (Å²) in [5.74, 6) is -0.849. The Morgan fingerprint density at radius 1 is 1.11 bits per heavy atom. The Kier molecular flexibility index (Phi) is 9.60. The molecule has 0 aliphatic rings. The van der Waals surface area contributed by atoms with E-state index in [9.17, 15) is 17.6 Å². The molecule has 7 nitrogen and oxygen atoms in total. The van der Waals surface area contributed by atoms with E-state index >= 15 is 0 Å². The molecule has 3 aromatic rings. The highest BCUT2D eigenvalue weighted by atomic mass is 35.5. The van der Waals surface area contributed by atoms with Crippen molar-refractivity contribution in [1.29, 1.82) is 0 Å². The first-order valence-electron chi connectivity index (χ1n) is 10.5. The molecule has 0 atom stereocenters. The third kappa shape index (κ3) is 7.38. The van der Waals surface area contributed by atoms with Crippen LogP contribution < -0.4 is 10.2 Å². The summed E-state index contributed by atoms with van der Waals surface area (Å²) in [5, 5.41) is 4.25. The van der Waals surface area contributed by atoms with Gasteiger partial charge >= 0.3 is 0 Å². The Morgan fingerprint density at radius 2 is 1.83 bits per heavy atom. The maximum absolute atomic E-state index is 14.4. The Labute approximate surface area is 218 Å². The lowest BCUT2D eigenvalue weighted by atomic mass is 10.2. The number of benzene rings is 3. The molecule has 11 heteroatoms. The van der Waals surface area contributed by atoms with Crippen LogP contribution in [0.3, 0.4) is 0 Å². The second-order valence-corrected chi connectivity index (χ2v) is 10.2. The van der Waals surface area contributed by atoms with Gasteiger partial charge < -0.3 is 4.74 Å². The lowest BCUT2D eigenvalue weighted by molar-refractivity contribution is -0.121. The Hall–Kier alpha value is -3.24. The summed E-state index contributed by atoms with van der Waals surface area (Å²) in [5.41, 5.74) is 2.87. The van der Waals surface area contributed by atoms with E-state index in [4.69, 9.17) is 27.9 Å². The normalized spacial score (nSPS) is 11.6. The molecule has 0 aliphatic heterocycles.